The summed E-state index contributed by atoms with van der Waals surface area (Å²) >= 11 is -2.49. The molecule has 0 aromatic rings. The molecule has 0 radical (unpaired) electrons. The molecule has 2 atom stereocenters. The number of aliphatic carboxylic acids is 1. The van der Waals surface area contributed by atoms with Crippen LogP contribution in [0.4, 0.5) is 0 Å². The summed E-state index contributed by atoms with van der Waals surface area (Å²) < 4.78 is 18.6. The molecule has 0 aliphatic heterocycles. The molecule has 0 fully saturated rings. The van der Waals surface area contributed by atoms with Gasteiger partial charge in [-0.05, 0) is 13.0 Å². The molecule has 0 spiro atoms. The van der Waals surface area contributed by atoms with E-state index in [0.29, 0.717) is 6.08 Å². The maximum atomic E-state index is 10.3. The van der Waals surface area contributed by atoms with Crippen LogP contribution in [-0.2, 0) is 15.9 Å². The van der Waals surface area contributed by atoms with Gasteiger partial charge in [-0.25, -0.2) is 9.00 Å². The van der Waals surface area contributed by atoms with Crippen LogP contribution >= 0.6 is 0 Å². The fourth-order valence-corrected chi connectivity index (χ4v) is 0.469. The van der Waals surface area contributed by atoms with Crippen molar-refractivity contribution in [2.24, 2.45) is 0 Å². The Bertz CT molecular complexity index is 207. The highest BCUT2D eigenvalue weighted by molar-refractivity contribution is 7.80. The zero-order valence-corrected chi connectivity index (χ0v) is 6.54. The standard InChI is InChI=1S/C5H8O5S/c1-5(8,11(9)10)3-2-4(6)7/h2-3,8H,1H3,(H,6,7)(H,9,10)/b3-2+. The quantitative estimate of drug-likeness (QED) is 0.404. The number of hydrogen-bond donors (Lipinski definition) is 3. The molecule has 64 valence electrons. The maximum absolute atomic E-state index is 10.3. The number of carboxylic acids is 1. The van der Waals surface area contributed by atoms with Crippen molar-refractivity contribution in [2.45, 2.75) is 11.9 Å². The Hall–Kier alpha value is -0.720. The van der Waals surface area contributed by atoms with Crippen LogP contribution < -0.4 is 0 Å². The molecule has 0 aromatic carbocycles. The van der Waals surface area contributed by atoms with Gasteiger partial charge in [0.15, 0.2) is 16.0 Å². The van der Waals surface area contributed by atoms with E-state index in [1.54, 1.807) is 0 Å². The summed E-state index contributed by atoms with van der Waals surface area (Å²) in [5.41, 5.74) is 0. The van der Waals surface area contributed by atoms with Crippen molar-refractivity contribution in [1.29, 1.82) is 0 Å². The summed E-state index contributed by atoms with van der Waals surface area (Å²) in [6.45, 7) is 1.03. The Morgan fingerprint density at radius 1 is 1.64 bits per heavy atom. The number of aliphatic hydroxyl groups is 1. The fraction of sp³-hybridized carbons (Fsp3) is 0.400. The highest BCUT2D eigenvalue weighted by Gasteiger charge is 2.23. The lowest BCUT2D eigenvalue weighted by Gasteiger charge is -2.11. The fourth-order valence-electron chi connectivity index (χ4n) is 0.284. The average Bonchev–Trinajstić information content (AvgIpc) is 1.84. The van der Waals surface area contributed by atoms with Gasteiger partial charge in [-0.15, -0.1) is 0 Å². The second kappa shape index (κ2) is 3.61. The average molecular weight is 180 g/mol. The monoisotopic (exact) mass is 180 g/mol. The first-order valence-electron chi connectivity index (χ1n) is 2.62. The molecule has 0 rings (SSSR count). The Balaban J connectivity index is 4.35. The Labute approximate surface area is 65.6 Å². The van der Waals surface area contributed by atoms with Crippen molar-refractivity contribution < 1.29 is 23.8 Å². The first-order valence-corrected chi connectivity index (χ1v) is 3.72. The van der Waals surface area contributed by atoms with Gasteiger partial charge in [0.1, 0.15) is 0 Å². The predicted octanol–water partition coefficient (Wildman–Crippen LogP) is -0.443. The number of hydrogen-bond acceptors (Lipinski definition) is 3. The van der Waals surface area contributed by atoms with Crippen LogP contribution in [0.5, 0.6) is 0 Å². The van der Waals surface area contributed by atoms with Crippen LogP contribution in [0, 0.1) is 0 Å². The van der Waals surface area contributed by atoms with Crippen molar-refractivity contribution in [1.82, 2.24) is 0 Å². The maximum Gasteiger partial charge on any atom is 0.328 e. The van der Waals surface area contributed by atoms with E-state index in [-0.39, 0.29) is 0 Å². The van der Waals surface area contributed by atoms with Crippen molar-refractivity contribution in [2.75, 3.05) is 0 Å². The lowest BCUT2D eigenvalue weighted by atomic mass is 10.3. The zero-order valence-electron chi connectivity index (χ0n) is 5.72. The lowest BCUT2D eigenvalue weighted by molar-refractivity contribution is -0.131. The van der Waals surface area contributed by atoms with Gasteiger partial charge < -0.3 is 14.8 Å². The number of carboxylic acid groups (broad SMARTS) is 1. The van der Waals surface area contributed by atoms with E-state index in [1.165, 1.54) is 0 Å². The van der Waals surface area contributed by atoms with E-state index in [0.717, 1.165) is 13.0 Å². The normalized spacial score (nSPS) is 19.5. The third-order valence-corrected chi connectivity index (χ3v) is 1.73. The molecule has 0 saturated carbocycles. The number of rotatable bonds is 3. The van der Waals surface area contributed by atoms with Gasteiger partial charge in [-0.3, -0.25) is 0 Å². The SMILES string of the molecule is CC(O)(/C=C/C(=O)O)S(=O)O. The molecule has 0 bridgehead atoms. The second-order valence-electron chi connectivity index (χ2n) is 1.98. The summed E-state index contributed by atoms with van der Waals surface area (Å²) in [7, 11) is 0. The largest absolute Gasteiger partial charge is 0.478 e. The molecule has 3 N–H and O–H groups in total. The molecule has 0 aromatic heterocycles. The van der Waals surface area contributed by atoms with E-state index in [2.05, 4.69) is 0 Å². The topological polar surface area (TPSA) is 94.8 Å². The van der Waals surface area contributed by atoms with E-state index >= 15 is 0 Å². The van der Waals surface area contributed by atoms with Gasteiger partial charge in [0, 0.05) is 6.08 Å². The molecular formula is C5H8O5S. The molecule has 6 heteroatoms. The zero-order chi connectivity index (χ0) is 9.07. The third kappa shape index (κ3) is 3.87. The van der Waals surface area contributed by atoms with Crippen LogP contribution in [-0.4, -0.2) is 29.9 Å². The van der Waals surface area contributed by atoms with Gasteiger partial charge in [0.2, 0.25) is 0 Å². The minimum atomic E-state index is -2.49. The van der Waals surface area contributed by atoms with E-state index < -0.39 is 22.0 Å². The van der Waals surface area contributed by atoms with Gasteiger partial charge in [0.25, 0.3) is 0 Å². The van der Waals surface area contributed by atoms with Crippen LogP contribution in [0.3, 0.4) is 0 Å². The molecule has 0 saturated heterocycles. The summed E-state index contributed by atoms with van der Waals surface area (Å²) in [5.74, 6) is -1.28. The van der Waals surface area contributed by atoms with Gasteiger partial charge in [0.05, 0.1) is 0 Å². The van der Waals surface area contributed by atoms with Crippen LogP contribution in [0.1, 0.15) is 6.92 Å². The molecule has 0 aliphatic carbocycles. The molecule has 0 heterocycles. The Morgan fingerprint density at radius 2 is 2.09 bits per heavy atom. The van der Waals surface area contributed by atoms with Gasteiger partial charge in [-0.2, -0.15) is 0 Å². The minimum Gasteiger partial charge on any atom is -0.478 e. The van der Waals surface area contributed by atoms with Crippen molar-refractivity contribution in [3.8, 4) is 0 Å². The van der Waals surface area contributed by atoms with Crippen molar-refractivity contribution in [3.05, 3.63) is 12.2 Å². The lowest BCUT2D eigenvalue weighted by Crippen LogP contribution is -2.26. The van der Waals surface area contributed by atoms with E-state index in [9.17, 15) is 9.00 Å². The Morgan fingerprint density at radius 3 is 2.36 bits per heavy atom. The summed E-state index contributed by atoms with van der Waals surface area (Å²) in [6.07, 6.45) is 1.35. The third-order valence-electron chi connectivity index (χ3n) is 0.889. The molecule has 2 unspecified atom stereocenters. The van der Waals surface area contributed by atoms with Crippen LogP contribution in [0.15, 0.2) is 12.2 Å². The number of carbonyl (C=O) groups is 1. The molecular weight excluding hydrogens is 172 g/mol. The van der Waals surface area contributed by atoms with Crippen molar-refractivity contribution >= 4 is 17.0 Å². The minimum absolute atomic E-state index is 0.605. The highest BCUT2D eigenvalue weighted by Crippen LogP contribution is 2.08. The summed E-state index contributed by atoms with van der Waals surface area (Å²) in [6, 6.07) is 0. The molecule has 0 amide bonds. The van der Waals surface area contributed by atoms with E-state index in [1.807, 2.05) is 0 Å². The Kier molecular flexibility index (Phi) is 3.37. The molecule has 0 aliphatic rings. The summed E-state index contributed by atoms with van der Waals surface area (Å²) in [4.78, 5) is 7.89. The molecule has 5 nitrogen and oxygen atoms in total. The van der Waals surface area contributed by atoms with Gasteiger partial charge in [-0.1, -0.05) is 0 Å². The van der Waals surface area contributed by atoms with Gasteiger partial charge >= 0.3 is 5.97 Å². The predicted molar refractivity (Wildman–Crippen MR) is 38.2 cm³/mol. The van der Waals surface area contributed by atoms with Crippen LogP contribution in [0.2, 0.25) is 0 Å². The highest BCUT2D eigenvalue weighted by atomic mass is 32.2. The second-order valence-corrected chi connectivity index (χ2v) is 3.30. The van der Waals surface area contributed by atoms with Crippen molar-refractivity contribution in [3.63, 3.8) is 0 Å². The molecule has 11 heavy (non-hydrogen) atoms. The summed E-state index contributed by atoms with van der Waals surface area (Å²) in [5, 5.41) is 17.0. The van der Waals surface area contributed by atoms with E-state index in [4.69, 9.17) is 14.8 Å². The first kappa shape index (κ1) is 10.3. The van der Waals surface area contributed by atoms with Crippen LogP contribution in [0.25, 0.3) is 0 Å². The first-order chi connectivity index (χ1) is 4.86. The smallest absolute Gasteiger partial charge is 0.328 e.